The van der Waals surface area contributed by atoms with Crippen molar-refractivity contribution < 1.29 is 22.0 Å². The molecule has 0 aliphatic carbocycles. The van der Waals surface area contributed by atoms with Crippen LogP contribution < -0.4 is 5.32 Å². The molecular formula is C19H22F2N2O3S. The first-order chi connectivity index (χ1) is 12.8. The molecule has 0 unspecified atom stereocenters. The Morgan fingerprint density at radius 1 is 1.07 bits per heavy atom. The van der Waals surface area contributed by atoms with Crippen molar-refractivity contribution in [3.63, 3.8) is 0 Å². The molecular weight excluding hydrogens is 374 g/mol. The summed E-state index contributed by atoms with van der Waals surface area (Å²) in [4.78, 5) is 12.0. The third-order valence-corrected chi connectivity index (χ3v) is 5.28. The Labute approximate surface area is 158 Å². The number of carbonyl (C=O) groups excluding carboxylic acids is 1. The molecule has 0 aliphatic heterocycles. The molecule has 0 fully saturated rings. The van der Waals surface area contributed by atoms with E-state index >= 15 is 0 Å². The second-order valence-corrected chi connectivity index (χ2v) is 8.16. The molecule has 1 N–H and O–H groups in total. The van der Waals surface area contributed by atoms with Crippen molar-refractivity contribution in [1.82, 2.24) is 4.31 Å². The number of rotatable bonds is 9. The highest BCUT2D eigenvalue weighted by Crippen LogP contribution is 2.15. The van der Waals surface area contributed by atoms with Crippen LogP contribution in [0, 0.1) is 11.6 Å². The summed E-state index contributed by atoms with van der Waals surface area (Å²) in [5.74, 6) is -2.17. The number of carbonyl (C=O) groups is 1. The normalized spacial score (nSPS) is 11.6. The lowest BCUT2D eigenvalue weighted by atomic mass is 10.1. The van der Waals surface area contributed by atoms with Gasteiger partial charge in [0, 0.05) is 25.6 Å². The number of benzene rings is 2. The molecule has 0 aromatic heterocycles. The van der Waals surface area contributed by atoms with E-state index in [9.17, 15) is 22.0 Å². The predicted octanol–water partition coefficient (Wildman–Crippen LogP) is 3.19. The topological polar surface area (TPSA) is 66.5 Å². The average molecular weight is 396 g/mol. The maximum atomic E-state index is 13.6. The van der Waals surface area contributed by atoms with Gasteiger partial charge in [-0.3, -0.25) is 4.79 Å². The Balaban J connectivity index is 1.87. The molecule has 27 heavy (non-hydrogen) atoms. The van der Waals surface area contributed by atoms with Crippen LogP contribution in [-0.2, 0) is 21.2 Å². The number of nitrogens with one attached hydrogen (secondary N) is 1. The number of hydrogen-bond donors (Lipinski definition) is 1. The first-order valence-corrected chi connectivity index (χ1v) is 10.3. The summed E-state index contributed by atoms with van der Waals surface area (Å²) in [7, 11) is -3.47. The fourth-order valence-electron chi connectivity index (χ4n) is 2.58. The molecule has 2 rings (SSSR count). The largest absolute Gasteiger partial charge is 0.324 e. The SMILES string of the molecule is CS(=O)(=O)N(CCCc1ccccc1)CCC(=O)Nc1ccc(F)cc1F. The van der Waals surface area contributed by atoms with Crippen molar-refractivity contribution in [2.24, 2.45) is 0 Å². The number of aryl methyl sites for hydroxylation is 1. The highest BCUT2D eigenvalue weighted by atomic mass is 32.2. The lowest BCUT2D eigenvalue weighted by molar-refractivity contribution is -0.116. The summed E-state index contributed by atoms with van der Waals surface area (Å²) in [5.41, 5.74) is 0.965. The van der Waals surface area contributed by atoms with Gasteiger partial charge in [0.25, 0.3) is 0 Å². The summed E-state index contributed by atoms with van der Waals surface area (Å²) in [5, 5.41) is 2.32. The van der Waals surface area contributed by atoms with E-state index in [0.29, 0.717) is 12.5 Å². The van der Waals surface area contributed by atoms with Crippen LogP contribution in [0.25, 0.3) is 0 Å². The van der Waals surface area contributed by atoms with Gasteiger partial charge in [-0.15, -0.1) is 0 Å². The van der Waals surface area contributed by atoms with Gasteiger partial charge in [0.1, 0.15) is 11.6 Å². The number of nitrogens with zero attached hydrogens (tertiary/aromatic N) is 1. The molecule has 0 saturated heterocycles. The smallest absolute Gasteiger partial charge is 0.225 e. The predicted molar refractivity (Wildman–Crippen MR) is 101 cm³/mol. The van der Waals surface area contributed by atoms with Gasteiger partial charge in [-0.1, -0.05) is 30.3 Å². The third-order valence-electron chi connectivity index (χ3n) is 3.98. The number of amides is 1. The van der Waals surface area contributed by atoms with Gasteiger partial charge in [-0.05, 0) is 30.5 Å². The maximum absolute atomic E-state index is 13.6. The monoisotopic (exact) mass is 396 g/mol. The molecule has 2 aromatic rings. The van der Waals surface area contributed by atoms with E-state index in [2.05, 4.69) is 5.32 Å². The zero-order valence-electron chi connectivity index (χ0n) is 15.0. The van der Waals surface area contributed by atoms with Gasteiger partial charge >= 0.3 is 0 Å². The van der Waals surface area contributed by atoms with Gasteiger partial charge < -0.3 is 5.32 Å². The number of halogens is 2. The Bertz CT molecular complexity index is 874. The van der Waals surface area contributed by atoms with Crippen molar-refractivity contribution in [2.75, 3.05) is 24.7 Å². The van der Waals surface area contributed by atoms with Gasteiger partial charge in [-0.25, -0.2) is 21.5 Å². The molecule has 1 amide bonds. The van der Waals surface area contributed by atoms with Crippen LogP contribution >= 0.6 is 0 Å². The summed E-state index contributed by atoms with van der Waals surface area (Å²) in [6.07, 6.45) is 2.30. The zero-order chi connectivity index (χ0) is 19.9. The first-order valence-electron chi connectivity index (χ1n) is 8.49. The molecule has 0 atom stereocenters. The van der Waals surface area contributed by atoms with Crippen molar-refractivity contribution in [2.45, 2.75) is 19.3 Å². The van der Waals surface area contributed by atoms with E-state index in [1.807, 2.05) is 30.3 Å². The van der Waals surface area contributed by atoms with E-state index in [1.54, 1.807) is 0 Å². The minimum absolute atomic E-state index is 0.0116. The Morgan fingerprint density at radius 2 is 1.78 bits per heavy atom. The number of hydrogen-bond acceptors (Lipinski definition) is 3. The maximum Gasteiger partial charge on any atom is 0.225 e. The van der Waals surface area contributed by atoms with Crippen molar-refractivity contribution in [3.05, 3.63) is 65.7 Å². The summed E-state index contributed by atoms with van der Waals surface area (Å²) in [6.45, 7) is 0.272. The van der Waals surface area contributed by atoms with Crippen LogP contribution in [0.3, 0.4) is 0 Å². The van der Waals surface area contributed by atoms with Crippen LogP contribution in [0.2, 0.25) is 0 Å². The van der Waals surface area contributed by atoms with Crippen molar-refractivity contribution in [3.8, 4) is 0 Å². The molecule has 0 aliphatic rings. The van der Waals surface area contributed by atoms with Gasteiger partial charge in [0.2, 0.25) is 15.9 Å². The molecule has 0 radical (unpaired) electrons. The minimum atomic E-state index is -3.47. The van der Waals surface area contributed by atoms with E-state index in [0.717, 1.165) is 30.4 Å². The van der Waals surface area contributed by atoms with Crippen LogP contribution in [0.15, 0.2) is 48.5 Å². The van der Waals surface area contributed by atoms with Crippen LogP contribution in [0.4, 0.5) is 14.5 Å². The molecule has 0 bridgehead atoms. The quantitative estimate of drug-likeness (QED) is 0.708. The molecule has 146 valence electrons. The Hall–Kier alpha value is -2.32. The Morgan fingerprint density at radius 3 is 2.41 bits per heavy atom. The second-order valence-electron chi connectivity index (χ2n) is 6.17. The second kappa shape index (κ2) is 9.57. The minimum Gasteiger partial charge on any atom is -0.324 e. The highest BCUT2D eigenvalue weighted by Gasteiger charge is 2.18. The molecule has 2 aromatic carbocycles. The van der Waals surface area contributed by atoms with E-state index in [4.69, 9.17) is 0 Å². The van der Waals surface area contributed by atoms with E-state index in [-0.39, 0.29) is 25.2 Å². The average Bonchev–Trinajstić information content (AvgIpc) is 2.60. The van der Waals surface area contributed by atoms with Crippen molar-refractivity contribution in [1.29, 1.82) is 0 Å². The lowest BCUT2D eigenvalue weighted by Gasteiger charge is -2.19. The number of sulfonamides is 1. The van der Waals surface area contributed by atoms with Crippen LogP contribution in [0.1, 0.15) is 18.4 Å². The molecule has 8 heteroatoms. The first kappa shape index (κ1) is 21.0. The van der Waals surface area contributed by atoms with Crippen LogP contribution in [0.5, 0.6) is 0 Å². The van der Waals surface area contributed by atoms with Crippen LogP contribution in [-0.4, -0.2) is 38.0 Å². The molecule has 0 saturated carbocycles. The van der Waals surface area contributed by atoms with Gasteiger partial charge in [0.15, 0.2) is 0 Å². The molecule has 0 spiro atoms. The summed E-state index contributed by atoms with van der Waals surface area (Å²) >= 11 is 0. The van der Waals surface area contributed by atoms with Gasteiger partial charge in [0.05, 0.1) is 11.9 Å². The zero-order valence-corrected chi connectivity index (χ0v) is 15.8. The number of anilines is 1. The summed E-state index contributed by atoms with van der Waals surface area (Å²) in [6, 6.07) is 12.5. The summed E-state index contributed by atoms with van der Waals surface area (Å²) < 4.78 is 51.5. The fourth-order valence-corrected chi connectivity index (χ4v) is 3.46. The molecule has 0 heterocycles. The van der Waals surface area contributed by atoms with E-state index in [1.165, 1.54) is 4.31 Å². The van der Waals surface area contributed by atoms with Crippen molar-refractivity contribution >= 4 is 21.6 Å². The fraction of sp³-hybridized carbons (Fsp3) is 0.316. The third kappa shape index (κ3) is 7.07. The Kier molecular flexibility index (Phi) is 7.44. The van der Waals surface area contributed by atoms with E-state index < -0.39 is 27.6 Å². The highest BCUT2D eigenvalue weighted by molar-refractivity contribution is 7.88. The van der Waals surface area contributed by atoms with Gasteiger partial charge in [-0.2, -0.15) is 0 Å². The molecule has 5 nitrogen and oxygen atoms in total. The lowest BCUT2D eigenvalue weighted by Crippen LogP contribution is -2.34. The standard InChI is InChI=1S/C19H22F2N2O3S/c1-27(25,26)23(12-5-8-15-6-3-2-4-7-15)13-11-19(24)22-18-10-9-16(20)14-17(18)21/h2-4,6-7,9-10,14H,5,8,11-13H2,1H3,(H,22,24).